The summed E-state index contributed by atoms with van der Waals surface area (Å²) < 4.78 is 0. The molecule has 0 unspecified atom stereocenters. The molecule has 3 aliphatic heterocycles. The van der Waals surface area contributed by atoms with Gasteiger partial charge in [0.25, 0.3) is 5.69 Å². The van der Waals surface area contributed by atoms with Crippen LogP contribution >= 0.6 is 0 Å². The van der Waals surface area contributed by atoms with E-state index in [1.54, 1.807) is 6.07 Å². The van der Waals surface area contributed by atoms with Crippen molar-refractivity contribution in [3.63, 3.8) is 0 Å². The van der Waals surface area contributed by atoms with E-state index in [0.717, 1.165) is 16.2 Å². The van der Waals surface area contributed by atoms with Crippen LogP contribution in [0.15, 0.2) is 48.5 Å². The molecule has 5 rings (SSSR count). The number of nitrogens with zero attached hydrogens (tertiary/aromatic N) is 4. The number of urea groups is 1. The summed E-state index contributed by atoms with van der Waals surface area (Å²) in [5.74, 6) is -1.22. The first kappa shape index (κ1) is 21.1. The molecule has 2 fully saturated rings. The number of barbiturate groups is 1. The van der Waals surface area contributed by atoms with Crippen LogP contribution in [-0.4, -0.2) is 65.3 Å². The van der Waals surface area contributed by atoms with E-state index < -0.39 is 34.2 Å². The number of piperazine rings is 1. The number of benzene rings is 2. The van der Waals surface area contributed by atoms with Crippen molar-refractivity contribution in [1.29, 1.82) is 0 Å². The standard InChI is InChI=1S/C23H23N5O5/c1-25-9-10-26-18-8-7-17(28(32)33)11-16(18)12-23(19(26)14-25)20(29)24-22(31)27(21(23)30)13-15-5-3-2-4-6-15/h2-8,11,19H,9-10,12-14H2,1H3,(H,24,29,31)/t19-,23+/m1/s1. The Morgan fingerprint density at radius 3 is 2.61 bits per heavy atom. The van der Waals surface area contributed by atoms with Gasteiger partial charge in [-0.3, -0.25) is 29.9 Å². The van der Waals surface area contributed by atoms with Crippen molar-refractivity contribution in [3.05, 3.63) is 69.8 Å². The third-order valence-corrected chi connectivity index (χ3v) is 6.89. The molecule has 0 bridgehead atoms. The van der Waals surface area contributed by atoms with Crippen LogP contribution in [0.2, 0.25) is 0 Å². The van der Waals surface area contributed by atoms with E-state index in [0.29, 0.717) is 25.2 Å². The Balaban J connectivity index is 1.62. The van der Waals surface area contributed by atoms with Gasteiger partial charge in [0.05, 0.1) is 17.5 Å². The number of carbonyl (C=O) groups is 3. The lowest BCUT2D eigenvalue weighted by atomic mass is 9.67. The Hall–Kier alpha value is -3.79. The van der Waals surface area contributed by atoms with Crippen molar-refractivity contribution < 1.29 is 19.3 Å². The van der Waals surface area contributed by atoms with Gasteiger partial charge in [-0.1, -0.05) is 30.3 Å². The van der Waals surface area contributed by atoms with E-state index in [9.17, 15) is 24.5 Å². The highest BCUT2D eigenvalue weighted by Gasteiger charge is 2.62. The van der Waals surface area contributed by atoms with Crippen LogP contribution in [0.25, 0.3) is 0 Å². The fourth-order valence-corrected chi connectivity index (χ4v) is 5.22. The molecule has 1 spiro atoms. The Bertz CT molecular complexity index is 1170. The highest BCUT2D eigenvalue weighted by atomic mass is 16.6. The number of carbonyl (C=O) groups excluding carboxylic acids is 3. The molecular formula is C23H23N5O5. The summed E-state index contributed by atoms with van der Waals surface area (Å²) in [5.41, 5.74) is 0.436. The maximum Gasteiger partial charge on any atom is 0.331 e. The number of nitro groups is 1. The largest absolute Gasteiger partial charge is 0.364 e. The second-order valence-corrected chi connectivity index (χ2v) is 8.83. The van der Waals surface area contributed by atoms with Crippen LogP contribution in [0.3, 0.4) is 0 Å². The highest BCUT2D eigenvalue weighted by molar-refractivity contribution is 6.20. The third-order valence-electron chi connectivity index (χ3n) is 6.89. The Morgan fingerprint density at radius 1 is 1.12 bits per heavy atom. The summed E-state index contributed by atoms with van der Waals surface area (Å²) in [5, 5.41) is 13.8. The quantitative estimate of drug-likeness (QED) is 0.429. The lowest BCUT2D eigenvalue weighted by molar-refractivity contribution is -0.384. The van der Waals surface area contributed by atoms with Crippen molar-refractivity contribution in [1.82, 2.24) is 15.1 Å². The monoisotopic (exact) mass is 449 g/mol. The Labute approximate surface area is 189 Å². The lowest BCUT2D eigenvalue weighted by Crippen LogP contribution is -2.74. The number of imide groups is 2. The predicted molar refractivity (Wildman–Crippen MR) is 118 cm³/mol. The van der Waals surface area contributed by atoms with Crippen LogP contribution in [0, 0.1) is 15.5 Å². The number of nitro benzene ring substituents is 1. The van der Waals surface area contributed by atoms with Crippen molar-refractivity contribution in [2.75, 3.05) is 31.6 Å². The van der Waals surface area contributed by atoms with Gasteiger partial charge in [0.2, 0.25) is 11.8 Å². The second kappa shape index (κ2) is 7.66. The molecule has 33 heavy (non-hydrogen) atoms. The number of anilines is 1. The molecule has 10 heteroatoms. The van der Waals surface area contributed by atoms with Crippen LogP contribution < -0.4 is 10.2 Å². The average molecular weight is 449 g/mol. The minimum atomic E-state index is -1.57. The molecular weight excluding hydrogens is 426 g/mol. The first-order chi connectivity index (χ1) is 15.8. The summed E-state index contributed by atoms with van der Waals surface area (Å²) in [6.07, 6.45) is -0.0117. The molecule has 0 aliphatic carbocycles. The molecule has 2 aromatic carbocycles. The molecule has 170 valence electrons. The van der Waals surface area contributed by atoms with Gasteiger partial charge in [0.1, 0.15) is 0 Å². The third kappa shape index (κ3) is 3.25. The fraction of sp³-hybridized carbons (Fsp3) is 0.348. The smallest absolute Gasteiger partial charge is 0.331 e. The van der Waals surface area contributed by atoms with Crippen LogP contribution in [0.4, 0.5) is 16.2 Å². The molecule has 3 aliphatic rings. The van der Waals surface area contributed by atoms with Gasteiger partial charge in [-0.05, 0) is 24.2 Å². The molecule has 2 saturated heterocycles. The molecule has 0 saturated carbocycles. The normalized spacial score (nSPS) is 25.0. The van der Waals surface area contributed by atoms with Crippen LogP contribution in [0.5, 0.6) is 0 Å². The van der Waals surface area contributed by atoms with Gasteiger partial charge in [0, 0.05) is 43.9 Å². The van der Waals surface area contributed by atoms with E-state index in [-0.39, 0.29) is 18.7 Å². The zero-order valence-electron chi connectivity index (χ0n) is 18.1. The average Bonchev–Trinajstić information content (AvgIpc) is 2.80. The number of hydrogen-bond acceptors (Lipinski definition) is 7. The molecule has 4 amide bonds. The first-order valence-electron chi connectivity index (χ1n) is 10.7. The SMILES string of the molecule is CN1CCN2c3ccc([N+](=O)[O-])cc3C[C@@]3(C(=O)NC(=O)N(Cc4ccccc4)C3=O)[C@H]2C1. The number of fused-ring (bicyclic) bond motifs is 4. The van der Waals surface area contributed by atoms with Gasteiger partial charge < -0.3 is 9.80 Å². The van der Waals surface area contributed by atoms with Crippen molar-refractivity contribution in [2.45, 2.75) is 19.0 Å². The lowest BCUT2D eigenvalue weighted by Gasteiger charge is -2.55. The minimum absolute atomic E-state index is 0.0117. The number of hydrogen-bond donors (Lipinski definition) is 1. The number of amides is 4. The van der Waals surface area contributed by atoms with Crippen molar-refractivity contribution >= 4 is 29.2 Å². The molecule has 2 atom stereocenters. The molecule has 0 aromatic heterocycles. The fourth-order valence-electron chi connectivity index (χ4n) is 5.22. The summed E-state index contributed by atoms with van der Waals surface area (Å²) in [7, 11) is 1.93. The first-order valence-corrected chi connectivity index (χ1v) is 10.7. The summed E-state index contributed by atoms with van der Waals surface area (Å²) in [6, 6.07) is 12.4. The second-order valence-electron chi connectivity index (χ2n) is 8.83. The maximum absolute atomic E-state index is 14.0. The molecule has 3 heterocycles. The van der Waals surface area contributed by atoms with Crippen molar-refractivity contribution in [3.8, 4) is 0 Å². The van der Waals surface area contributed by atoms with Gasteiger partial charge in [-0.2, -0.15) is 0 Å². The summed E-state index contributed by atoms with van der Waals surface area (Å²) in [4.78, 5) is 56.2. The molecule has 1 N–H and O–H groups in total. The van der Waals surface area contributed by atoms with E-state index in [2.05, 4.69) is 10.2 Å². The highest BCUT2D eigenvalue weighted by Crippen LogP contribution is 2.46. The van der Waals surface area contributed by atoms with Crippen molar-refractivity contribution in [2.24, 2.45) is 5.41 Å². The molecule has 10 nitrogen and oxygen atoms in total. The number of non-ortho nitro benzene ring substituents is 1. The number of rotatable bonds is 3. The number of likely N-dealkylation sites (N-methyl/N-ethyl adjacent to an activating group) is 1. The van der Waals surface area contributed by atoms with Gasteiger partial charge in [-0.25, -0.2) is 4.79 Å². The zero-order chi connectivity index (χ0) is 23.3. The molecule has 2 aromatic rings. The maximum atomic E-state index is 14.0. The Morgan fingerprint density at radius 2 is 1.88 bits per heavy atom. The van der Waals surface area contributed by atoms with E-state index in [4.69, 9.17) is 0 Å². The topological polar surface area (TPSA) is 116 Å². The molecule has 0 radical (unpaired) electrons. The van der Waals surface area contributed by atoms with Gasteiger partial charge in [0.15, 0.2) is 5.41 Å². The Kier molecular flexibility index (Phi) is 4.89. The van der Waals surface area contributed by atoms with Crippen LogP contribution in [-0.2, 0) is 22.6 Å². The minimum Gasteiger partial charge on any atom is -0.364 e. The predicted octanol–water partition coefficient (Wildman–Crippen LogP) is 1.54. The van der Waals surface area contributed by atoms with Gasteiger partial charge >= 0.3 is 6.03 Å². The summed E-state index contributed by atoms with van der Waals surface area (Å²) >= 11 is 0. The van der Waals surface area contributed by atoms with E-state index in [1.807, 2.05) is 42.3 Å². The van der Waals surface area contributed by atoms with E-state index >= 15 is 0 Å². The van der Waals surface area contributed by atoms with Crippen LogP contribution in [0.1, 0.15) is 11.1 Å². The zero-order valence-corrected chi connectivity index (χ0v) is 18.1. The van der Waals surface area contributed by atoms with E-state index in [1.165, 1.54) is 12.1 Å². The number of nitrogens with one attached hydrogen (secondary N) is 1. The van der Waals surface area contributed by atoms with Gasteiger partial charge in [-0.15, -0.1) is 0 Å². The summed E-state index contributed by atoms with van der Waals surface area (Å²) in [6.45, 7) is 1.75.